The van der Waals surface area contributed by atoms with Crippen molar-refractivity contribution in [1.29, 1.82) is 0 Å². The van der Waals surface area contributed by atoms with Crippen molar-refractivity contribution in [2.45, 2.75) is 38.1 Å². The second-order valence-corrected chi connectivity index (χ2v) is 12.0. The molecule has 3 aromatic rings. The maximum Gasteiger partial charge on any atom is 0.329 e. The minimum absolute atomic E-state index is 0.0596. The average molecular weight is 600 g/mol. The Kier molecular flexibility index (Phi) is 7.52. The predicted molar refractivity (Wildman–Crippen MR) is 157 cm³/mol. The minimum Gasteiger partial charge on any atom is -0.454 e. The zero-order valence-corrected chi connectivity index (χ0v) is 24.3. The summed E-state index contributed by atoms with van der Waals surface area (Å²) in [5.74, 6) is -5.01. The Balaban J connectivity index is 1.20. The molecule has 220 valence electrons. The van der Waals surface area contributed by atoms with E-state index in [0.29, 0.717) is 0 Å². The van der Waals surface area contributed by atoms with E-state index in [2.05, 4.69) is 10.9 Å². The number of amides is 4. The molecule has 0 aromatic heterocycles. The Bertz CT molecular complexity index is 1540. The van der Waals surface area contributed by atoms with Gasteiger partial charge < -0.3 is 4.74 Å². The summed E-state index contributed by atoms with van der Waals surface area (Å²) in [5.41, 5.74) is 8.72. The number of hydrogen-bond acceptors (Lipinski definition) is 6. The largest absolute Gasteiger partial charge is 0.454 e. The van der Waals surface area contributed by atoms with Crippen molar-refractivity contribution in [1.82, 2.24) is 15.8 Å². The third-order valence-electron chi connectivity index (χ3n) is 8.54. The Morgan fingerprint density at radius 2 is 1.28 bits per heavy atom. The number of rotatable bonds is 7. The molecule has 1 heterocycles. The zero-order valence-electron chi connectivity index (χ0n) is 23.6. The molecule has 0 radical (unpaired) electrons. The van der Waals surface area contributed by atoms with Gasteiger partial charge in [-0.05, 0) is 46.7 Å². The number of nitrogens with zero attached hydrogens (tertiary/aromatic N) is 1. The summed E-state index contributed by atoms with van der Waals surface area (Å²) >= 11 is 6.02. The Labute approximate surface area is 253 Å². The highest BCUT2D eigenvalue weighted by Gasteiger charge is 2.63. The molecule has 10 heteroatoms. The highest BCUT2D eigenvalue weighted by molar-refractivity contribution is 6.33. The van der Waals surface area contributed by atoms with E-state index >= 15 is 0 Å². The number of esters is 1. The van der Waals surface area contributed by atoms with Crippen molar-refractivity contribution >= 4 is 41.2 Å². The fraction of sp³-hybridized carbons (Fsp3) is 0.303. The first-order valence-corrected chi connectivity index (χ1v) is 14.6. The summed E-state index contributed by atoms with van der Waals surface area (Å²) in [6.45, 7) is 3.04. The van der Waals surface area contributed by atoms with E-state index in [1.165, 1.54) is 12.1 Å². The topological polar surface area (TPSA) is 122 Å². The van der Waals surface area contributed by atoms with Gasteiger partial charge in [0.2, 0.25) is 11.8 Å². The maximum atomic E-state index is 14.1. The first kappa shape index (κ1) is 28.6. The highest BCUT2D eigenvalue weighted by Crippen LogP contribution is 2.61. The predicted octanol–water partition coefficient (Wildman–Crippen LogP) is 3.95. The lowest BCUT2D eigenvalue weighted by atomic mass is 9.55. The highest BCUT2D eigenvalue weighted by atomic mass is 35.5. The summed E-state index contributed by atoms with van der Waals surface area (Å²) in [4.78, 5) is 67.5. The van der Waals surface area contributed by atoms with Gasteiger partial charge in [0.05, 0.1) is 22.4 Å². The van der Waals surface area contributed by atoms with Crippen LogP contribution in [-0.4, -0.2) is 47.1 Å². The van der Waals surface area contributed by atoms with Crippen LogP contribution in [0.15, 0.2) is 72.8 Å². The molecule has 0 spiro atoms. The molecule has 3 atom stereocenters. The maximum absolute atomic E-state index is 14.1. The van der Waals surface area contributed by atoms with Gasteiger partial charge in [-0.15, -0.1) is 0 Å². The smallest absolute Gasteiger partial charge is 0.329 e. The van der Waals surface area contributed by atoms with Crippen LogP contribution in [0.3, 0.4) is 0 Å². The van der Waals surface area contributed by atoms with Gasteiger partial charge in [-0.3, -0.25) is 34.9 Å². The van der Waals surface area contributed by atoms with Gasteiger partial charge in [0.25, 0.3) is 11.8 Å². The molecule has 1 saturated heterocycles. The van der Waals surface area contributed by atoms with E-state index in [9.17, 15) is 24.0 Å². The molecule has 3 aliphatic carbocycles. The van der Waals surface area contributed by atoms with Crippen LogP contribution < -0.4 is 10.9 Å². The number of ether oxygens (including phenoxy) is 1. The normalized spacial score (nSPS) is 22.0. The van der Waals surface area contributed by atoms with E-state index < -0.39 is 54.1 Å². The first-order chi connectivity index (χ1) is 20.7. The van der Waals surface area contributed by atoms with Crippen LogP contribution in [0.1, 0.15) is 64.7 Å². The summed E-state index contributed by atoms with van der Waals surface area (Å²) in [6, 6.07) is 21.0. The molecule has 9 nitrogen and oxygen atoms in total. The van der Waals surface area contributed by atoms with Crippen LogP contribution in [0.4, 0.5) is 0 Å². The number of halogens is 1. The van der Waals surface area contributed by atoms with Crippen LogP contribution in [0.5, 0.6) is 0 Å². The second kappa shape index (κ2) is 11.3. The number of carbonyl (C=O) groups is 5. The van der Waals surface area contributed by atoms with Crippen LogP contribution in [0.2, 0.25) is 5.02 Å². The lowest BCUT2D eigenvalue weighted by Gasteiger charge is -2.45. The SMILES string of the molecule is CC(C)C[C@H](C(=O)OCC(=O)NNC(=O)c1ccccc1Cl)N1C(=O)[C@@H]2C3c4ccccc4C(c4ccccc43)[C@@H]2C1=O. The van der Waals surface area contributed by atoms with E-state index in [4.69, 9.17) is 16.3 Å². The number of benzene rings is 3. The fourth-order valence-corrected chi connectivity index (χ4v) is 7.09. The Morgan fingerprint density at radius 1 is 0.791 bits per heavy atom. The molecule has 1 fully saturated rings. The van der Waals surface area contributed by atoms with Gasteiger partial charge in [0, 0.05) is 11.8 Å². The van der Waals surface area contributed by atoms with Crippen molar-refractivity contribution in [2.75, 3.05) is 6.61 Å². The number of carbonyl (C=O) groups excluding carboxylic acids is 5. The standard InChI is InChI=1S/C33H30ClN3O6/c1-17(2)15-24(33(42)43-16-25(38)35-36-30(39)22-13-7-8-14-23(22)34)37-31(40)28-26-18-9-3-4-10-19(18)27(29(28)32(37)41)21-12-6-5-11-20(21)26/h3-14,17,24,26-29H,15-16H2,1-2H3,(H,35,38)(H,36,39)/t24-,26?,27?,28-,29+/m1/s1. The molecular weight excluding hydrogens is 570 g/mol. The number of likely N-dealkylation sites (tertiary alicyclic amines) is 1. The molecule has 43 heavy (non-hydrogen) atoms. The van der Waals surface area contributed by atoms with Crippen LogP contribution in [-0.2, 0) is 23.9 Å². The molecule has 4 aliphatic rings. The van der Waals surface area contributed by atoms with E-state index in [1.807, 2.05) is 62.4 Å². The monoisotopic (exact) mass is 599 g/mol. The molecule has 2 bridgehead atoms. The molecule has 1 aliphatic heterocycles. The summed E-state index contributed by atoms with van der Waals surface area (Å²) in [6.07, 6.45) is 0.176. The van der Waals surface area contributed by atoms with Crippen molar-refractivity contribution in [3.63, 3.8) is 0 Å². The molecule has 7 rings (SSSR count). The second-order valence-electron chi connectivity index (χ2n) is 11.5. The van der Waals surface area contributed by atoms with E-state index in [0.717, 1.165) is 27.2 Å². The summed E-state index contributed by atoms with van der Waals surface area (Å²) in [7, 11) is 0. The van der Waals surface area contributed by atoms with Gasteiger partial charge in [-0.25, -0.2) is 4.79 Å². The zero-order chi connectivity index (χ0) is 30.4. The third kappa shape index (κ3) is 4.87. The number of nitrogens with one attached hydrogen (secondary N) is 2. The van der Waals surface area contributed by atoms with Crippen LogP contribution >= 0.6 is 11.6 Å². The van der Waals surface area contributed by atoms with Crippen molar-refractivity contribution in [3.05, 3.63) is 106 Å². The number of imide groups is 1. The van der Waals surface area contributed by atoms with E-state index in [1.54, 1.807) is 12.1 Å². The third-order valence-corrected chi connectivity index (χ3v) is 8.87. The van der Waals surface area contributed by atoms with Gasteiger partial charge >= 0.3 is 5.97 Å². The van der Waals surface area contributed by atoms with Crippen LogP contribution in [0, 0.1) is 17.8 Å². The summed E-state index contributed by atoms with van der Waals surface area (Å²) < 4.78 is 5.31. The van der Waals surface area contributed by atoms with Crippen molar-refractivity contribution < 1.29 is 28.7 Å². The van der Waals surface area contributed by atoms with Crippen molar-refractivity contribution in [2.24, 2.45) is 17.8 Å². The molecule has 2 N–H and O–H groups in total. The average Bonchev–Trinajstić information content (AvgIpc) is 3.27. The Morgan fingerprint density at radius 3 is 1.77 bits per heavy atom. The molecular formula is C33H30ClN3O6. The molecule has 3 aromatic carbocycles. The van der Waals surface area contributed by atoms with Gasteiger partial charge in [-0.2, -0.15) is 0 Å². The van der Waals surface area contributed by atoms with Gasteiger partial charge in [-0.1, -0.05) is 86.1 Å². The quantitative estimate of drug-likeness (QED) is 0.241. The van der Waals surface area contributed by atoms with Crippen molar-refractivity contribution in [3.8, 4) is 0 Å². The lowest BCUT2D eigenvalue weighted by Crippen LogP contribution is -2.48. The number of hydrazine groups is 1. The molecule has 0 saturated carbocycles. The van der Waals surface area contributed by atoms with E-state index in [-0.39, 0.29) is 34.8 Å². The fourth-order valence-electron chi connectivity index (χ4n) is 6.87. The van der Waals surface area contributed by atoms with Gasteiger partial charge in [0.1, 0.15) is 6.04 Å². The lowest BCUT2D eigenvalue weighted by molar-refractivity contribution is -0.161. The summed E-state index contributed by atoms with van der Waals surface area (Å²) in [5, 5.41) is 0.206. The first-order valence-electron chi connectivity index (χ1n) is 14.2. The van der Waals surface area contributed by atoms with Crippen LogP contribution in [0.25, 0.3) is 0 Å². The molecule has 4 amide bonds. The molecule has 0 unspecified atom stereocenters. The minimum atomic E-state index is -1.19. The van der Waals surface area contributed by atoms with Gasteiger partial charge in [0.15, 0.2) is 6.61 Å². The Hall–Kier alpha value is -4.50. The number of hydrogen-bond donors (Lipinski definition) is 2.